The highest BCUT2D eigenvalue weighted by molar-refractivity contribution is 7.91. The van der Waals surface area contributed by atoms with E-state index < -0.39 is 9.84 Å². The molecular formula is C21H19N5O2S. The highest BCUT2D eigenvalue weighted by Gasteiger charge is 2.26. The third kappa shape index (κ3) is 3.36. The quantitative estimate of drug-likeness (QED) is 0.485. The van der Waals surface area contributed by atoms with Crippen LogP contribution in [0.1, 0.15) is 30.0 Å². The average molecular weight is 405 g/mol. The standard InChI is InChI=1S/C21H19N5O2S/c1-13-12-22-21(24-20(13)23-19-11-18(25-26-19)15-6-7-15)29(27,28)17-9-8-14-4-2-3-5-16(14)10-17/h2-5,8-12,15H,6-7H2,1H3,(H2,22,23,24,25,26). The summed E-state index contributed by atoms with van der Waals surface area (Å²) in [6.07, 6.45) is 3.83. The smallest absolute Gasteiger partial charge is 0.253 e. The summed E-state index contributed by atoms with van der Waals surface area (Å²) < 4.78 is 26.2. The first-order valence-electron chi connectivity index (χ1n) is 9.40. The molecule has 2 aromatic carbocycles. The van der Waals surface area contributed by atoms with E-state index in [1.807, 2.05) is 37.3 Å². The number of sulfone groups is 1. The molecule has 1 aliphatic rings. The first-order valence-corrected chi connectivity index (χ1v) is 10.9. The summed E-state index contributed by atoms with van der Waals surface area (Å²) in [5, 5.41) is 12.0. The summed E-state index contributed by atoms with van der Waals surface area (Å²) in [4.78, 5) is 8.56. The SMILES string of the molecule is Cc1cnc(S(=O)(=O)c2ccc3ccccc3c2)nc1Nc1cc(C2CC2)n[nH]1. The highest BCUT2D eigenvalue weighted by Crippen LogP contribution is 2.39. The van der Waals surface area contributed by atoms with E-state index in [2.05, 4.69) is 25.5 Å². The van der Waals surface area contributed by atoms with Crippen LogP contribution in [0.15, 0.2) is 64.8 Å². The van der Waals surface area contributed by atoms with Gasteiger partial charge in [-0.2, -0.15) is 5.10 Å². The number of hydrogen-bond donors (Lipinski definition) is 2. The normalized spacial score (nSPS) is 14.2. The molecule has 5 rings (SSSR count). The second-order valence-corrected chi connectivity index (χ2v) is 9.15. The lowest BCUT2D eigenvalue weighted by molar-refractivity contribution is 0.587. The van der Waals surface area contributed by atoms with Crippen LogP contribution >= 0.6 is 0 Å². The van der Waals surface area contributed by atoms with E-state index in [9.17, 15) is 8.42 Å². The summed E-state index contributed by atoms with van der Waals surface area (Å²) in [5.74, 6) is 1.64. The molecule has 2 aromatic heterocycles. The van der Waals surface area contributed by atoms with Crippen molar-refractivity contribution in [3.63, 3.8) is 0 Å². The van der Waals surface area contributed by atoms with Crippen LogP contribution in [0.4, 0.5) is 11.6 Å². The van der Waals surface area contributed by atoms with Gasteiger partial charge in [-0.3, -0.25) is 5.10 Å². The van der Waals surface area contributed by atoms with E-state index >= 15 is 0 Å². The van der Waals surface area contributed by atoms with E-state index in [0.29, 0.717) is 17.6 Å². The van der Waals surface area contributed by atoms with Gasteiger partial charge in [0.1, 0.15) is 11.6 Å². The second kappa shape index (κ2) is 6.66. The molecule has 0 spiro atoms. The number of H-pyrrole nitrogens is 1. The van der Waals surface area contributed by atoms with Crippen LogP contribution in [0.2, 0.25) is 0 Å². The molecule has 2 heterocycles. The second-order valence-electron chi connectivity index (χ2n) is 7.30. The van der Waals surface area contributed by atoms with Crippen molar-refractivity contribution in [2.75, 3.05) is 5.32 Å². The third-order valence-corrected chi connectivity index (χ3v) is 6.62. The first kappa shape index (κ1) is 17.8. The molecule has 0 aliphatic heterocycles. The Balaban J connectivity index is 1.49. The van der Waals surface area contributed by atoms with Crippen molar-refractivity contribution in [3.8, 4) is 0 Å². The number of benzene rings is 2. The van der Waals surface area contributed by atoms with Gasteiger partial charge in [0, 0.05) is 23.7 Å². The van der Waals surface area contributed by atoms with Gasteiger partial charge in [-0.25, -0.2) is 18.4 Å². The van der Waals surface area contributed by atoms with Crippen LogP contribution in [0.25, 0.3) is 10.8 Å². The number of nitrogens with zero attached hydrogens (tertiary/aromatic N) is 3. The summed E-state index contributed by atoms with van der Waals surface area (Å²) >= 11 is 0. The van der Waals surface area contributed by atoms with Crippen molar-refractivity contribution in [3.05, 3.63) is 66.0 Å². The van der Waals surface area contributed by atoms with Crippen molar-refractivity contribution in [2.24, 2.45) is 0 Å². The Hall–Kier alpha value is -3.26. The zero-order valence-corrected chi connectivity index (χ0v) is 16.6. The molecule has 1 fully saturated rings. The van der Waals surface area contributed by atoms with Crippen molar-refractivity contribution in [1.82, 2.24) is 20.2 Å². The zero-order valence-electron chi connectivity index (χ0n) is 15.8. The lowest BCUT2D eigenvalue weighted by Gasteiger charge is -2.09. The predicted octanol–water partition coefficient (Wildman–Crippen LogP) is 4.12. The largest absolute Gasteiger partial charge is 0.325 e. The fraction of sp³-hybridized carbons (Fsp3) is 0.190. The van der Waals surface area contributed by atoms with Gasteiger partial charge in [-0.1, -0.05) is 30.3 Å². The minimum atomic E-state index is -3.85. The van der Waals surface area contributed by atoms with Gasteiger partial charge < -0.3 is 5.32 Å². The summed E-state index contributed by atoms with van der Waals surface area (Å²) in [6, 6.07) is 14.6. The van der Waals surface area contributed by atoms with Crippen molar-refractivity contribution < 1.29 is 8.42 Å². The summed E-state index contributed by atoms with van der Waals surface area (Å²) in [5.41, 5.74) is 1.76. The number of aromatic nitrogens is 4. The molecule has 1 saturated carbocycles. The van der Waals surface area contributed by atoms with E-state index in [4.69, 9.17) is 0 Å². The molecular weight excluding hydrogens is 386 g/mol. The van der Waals surface area contributed by atoms with Crippen LogP contribution in [0.3, 0.4) is 0 Å². The number of aromatic amines is 1. The molecule has 2 N–H and O–H groups in total. The number of aryl methyl sites for hydroxylation is 1. The lowest BCUT2D eigenvalue weighted by Crippen LogP contribution is -2.10. The minimum absolute atomic E-state index is 0.170. The Labute approximate surface area is 168 Å². The molecule has 0 amide bonds. The predicted molar refractivity (Wildman–Crippen MR) is 110 cm³/mol. The van der Waals surface area contributed by atoms with Gasteiger partial charge in [-0.15, -0.1) is 0 Å². The van der Waals surface area contributed by atoms with E-state index in [1.165, 1.54) is 6.20 Å². The maximum atomic E-state index is 13.1. The van der Waals surface area contributed by atoms with Gasteiger partial charge in [0.25, 0.3) is 5.16 Å². The van der Waals surface area contributed by atoms with Gasteiger partial charge >= 0.3 is 0 Å². The lowest BCUT2D eigenvalue weighted by atomic mass is 10.1. The number of hydrogen-bond acceptors (Lipinski definition) is 6. The van der Waals surface area contributed by atoms with Crippen molar-refractivity contribution in [1.29, 1.82) is 0 Å². The summed E-state index contributed by atoms with van der Waals surface area (Å²) in [6.45, 7) is 1.83. The van der Waals surface area contributed by atoms with Crippen LogP contribution in [-0.2, 0) is 9.84 Å². The van der Waals surface area contributed by atoms with E-state index in [1.54, 1.807) is 18.2 Å². The van der Waals surface area contributed by atoms with Gasteiger partial charge in [0.15, 0.2) is 0 Å². The Bertz CT molecular complexity index is 1330. The topological polar surface area (TPSA) is 101 Å². The molecule has 8 heteroatoms. The Morgan fingerprint density at radius 2 is 1.86 bits per heavy atom. The van der Waals surface area contributed by atoms with Gasteiger partial charge in [0.2, 0.25) is 9.84 Å². The Morgan fingerprint density at radius 1 is 1.07 bits per heavy atom. The zero-order chi connectivity index (χ0) is 20.0. The van der Waals surface area contributed by atoms with Crippen LogP contribution in [0.5, 0.6) is 0 Å². The Kier molecular flexibility index (Phi) is 4.09. The molecule has 1 aliphatic carbocycles. The average Bonchev–Trinajstić information content (AvgIpc) is 3.48. The van der Waals surface area contributed by atoms with Gasteiger partial charge in [-0.05, 0) is 42.7 Å². The number of nitrogens with one attached hydrogen (secondary N) is 2. The monoisotopic (exact) mass is 405 g/mol. The maximum Gasteiger partial charge on any atom is 0.253 e. The summed E-state index contributed by atoms with van der Waals surface area (Å²) in [7, 11) is -3.85. The van der Waals surface area contributed by atoms with Crippen molar-refractivity contribution >= 4 is 32.2 Å². The number of anilines is 2. The van der Waals surface area contributed by atoms with Crippen LogP contribution < -0.4 is 5.32 Å². The molecule has 0 atom stereocenters. The fourth-order valence-corrected chi connectivity index (χ4v) is 4.38. The molecule has 0 saturated heterocycles. The van der Waals surface area contributed by atoms with Crippen LogP contribution in [-0.4, -0.2) is 28.6 Å². The number of fused-ring (bicyclic) bond motifs is 1. The van der Waals surface area contributed by atoms with Crippen molar-refractivity contribution in [2.45, 2.75) is 35.7 Å². The highest BCUT2D eigenvalue weighted by atomic mass is 32.2. The maximum absolute atomic E-state index is 13.1. The molecule has 0 unspecified atom stereocenters. The molecule has 4 aromatic rings. The molecule has 0 bridgehead atoms. The molecule has 29 heavy (non-hydrogen) atoms. The third-order valence-electron chi connectivity index (χ3n) is 5.07. The molecule has 0 radical (unpaired) electrons. The minimum Gasteiger partial charge on any atom is -0.325 e. The van der Waals surface area contributed by atoms with E-state index in [-0.39, 0.29) is 10.1 Å². The fourth-order valence-electron chi connectivity index (χ4n) is 3.24. The molecule has 7 nitrogen and oxygen atoms in total. The Morgan fingerprint density at radius 3 is 2.66 bits per heavy atom. The molecule has 146 valence electrons. The van der Waals surface area contributed by atoms with Gasteiger partial charge in [0.05, 0.1) is 10.6 Å². The van der Waals surface area contributed by atoms with E-state index in [0.717, 1.165) is 34.9 Å². The number of rotatable bonds is 5. The van der Waals surface area contributed by atoms with Crippen LogP contribution in [0, 0.1) is 6.92 Å². The first-order chi connectivity index (χ1) is 14.0.